The Labute approximate surface area is 139 Å². The molecule has 2 rings (SSSR count). The van der Waals surface area contributed by atoms with Crippen molar-refractivity contribution in [2.75, 3.05) is 25.4 Å². The quantitative estimate of drug-likeness (QED) is 0.388. The van der Waals surface area contributed by atoms with Gasteiger partial charge in [0, 0.05) is 25.2 Å². The number of carbonyl (C=O) groups is 2. The number of ether oxygens (including phenoxy) is 1. The molecule has 1 fully saturated rings. The SMILES string of the molecule is C[C@@H]1C[C@@H](C)CN(C(=O)COC(=O)c2ccc([N+](=O)[O-])cc2N)C1. The number of anilines is 1. The molecule has 0 radical (unpaired) electrons. The Bertz CT molecular complexity index is 651. The number of non-ortho nitro benzene ring substituents is 1. The topological polar surface area (TPSA) is 116 Å². The van der Waals surface area contributed by atoms with Crippen LogP contribution in [0.3, 0.4) is 0 Å². The van der Waals surface area contributed by atoms with E-state index in [2.05, 4.69) is 13.8 Å². The number of nitrogen functional groups attached to an aromatic ring is 1. The Balaban J connectivity index is 1.95. The smallest absolute Gasteiger partial charge is 0.340 e. The normalized spacial score (nSPS) is 20.5. The number of nitro benzene ring substituents is 1. The van der Waals surface area contributed by atoms with Crippen LogP contribution in [-0.2, 0) is 9.53 Å². The van der Waals surface area contributed by atoms with Gasteiger partial charge in [-0.1, -0.05) is 13.8 Å². The van der Waals surface area contributed by atoms with Crippen LogP contribution in [0.15, 0.2) is 18.2 Å². The molecule has 0 aliphatic carbocycles. The van der Waals surface area contributed by atoms with Crippen molar-refractivity contribution in [1.82, 2.24) is 4.90 Å². The van der Waals surface area contributed by atoms with Crippen molar-refractivity contribution in [2.45, 2.75) is 20.3 Å². The summed E-state index contributed by atoms with van der Waals surface area (Å²) in [5.74, 6) is -0.187. The van der Waals surface area contributed by atoms with E-state index in [4.69, 9.17) is 10.5 Å². The number of hydrogen-bond acceptors (Lipinski definition) is 6. The molecule has 1 saturated heterocycles. The second kappa shape index (κ2) is 7.29. The number of benzene rings is 1. The number of rotatable bonds is 4. The predicted octanol–water partition coefficient (Wildman–Crippen LogP) is 1.84. The summed E-state index contributed by atoms with van der Waals surface area (Å²) in [4.78, 5) is 36.0. The number of nitrogens with two attached hydrogens (primary N) is 1. The maximum atomic E-state index is 12.2. The first kappa shape index (κ1) is 17.7. The highest BCUT2D eigenvalue weighted by Crippen LogP contribution is 2.22. The van der Waals surface area contributed by atoms with E-state index >= 15 is 0 Å². The van der Waals surface area contributed by atoms with Gasteiger partial charge in [-0.3, -0.25) is 14.9 Å². The van der Waals surface area contributed by atoms with Crippen LogP contribution in [0.2, 0.25) is 0 Å². The molecule has 1 aliphatic rings. The highest BCUT2D eigenvalue weighted by atomic mass is 16.6. The molecule has 0 saturated carbocycles. The fraction of sp³-hybridized carbons (Fsp3) is 0.500. The van der Waals surface area contributed by atoms with Crippen LogP contribution in [0.4, 0.5) is 11.4 Å². The lowest BCUT2D eigenvalue weighted by Gasteiger charge is -2.34. The Morgan fingerprint density at radius 3 is 2.50 bits per heavy atom. The average Bonchev–Trinajstić information content (AvgIpc) is 2.51. The first-order valence-electron chi connectivity index (χ1n) is 7.76. The molecule has 130 valence electrons. The van der Waals surface area contributed by atoms with Gasteiger partial charge in [0.2, 0.25) is 0 Å². The summed E-state index contributed by atoms with van der Waals surface area (Å²) in [6.45, 7) is 5.11. The van der Waals surface area contributed by atoms with Crippen LogP contribution in [0.5, 0.6) is 0 Å². The number of carbonyl (C=O) groups excluding carboxylic acids is 2. The molecule has 2 atom stereocenters. The van der Waals surface area contributed by atoms with Crippen molar-refractivity contribution in [1.29, 1.82) is 0 Å². The summed E-state index contributed by atoms with van der Waals surface area (Å²) < 4.78 is 5.01. The third kappa shape index (κ3) is 4.21. The molecule has 1 heterocycles. The van der Waals surface area contributed by atoms with E-state index < -0.39 is 10.9 Å². The van der Waals surface area contributed by atoms with Gasteiger partial charge in [0.05, 0.1) is 16.2 Å². The lowest BCUT2D eigenvalue weighted by molar-refractivity contribution is -0.384. The van der Waals surface area contributed by atoms with Crippen molar-refractivity contribution < 1.29 is 19.2 Å². The maximum Gasteiger partial charge on any atom is 0.340 e. The monoisotopic (exact) mass is 335 g/mol. The summed E-state index contributed by atoms with van der Waals surface area (Å²) >= 11 is 0. The van der Waals surface area contributed by atoms with Gasteiger partial charge in [0.1, 0.15) is 0 Å². The average molecular weight is 335 g/mol. The molecule has 1 aromatic carbocycles. The Kier molecular flexibility index (Phi) is 5.38. The van der Waals surface area contributed by atoms with Gasteiger partial charge >= 0.3 is 5.97 Å². The number of likely N-dealkylation sites (tertiary alicyclic amines) is 1. The van der Waals surface area contributed by atoms with E-state index in [0.717, 1.165) is 12.5 Å². The molecule has 2 N–H and O–H groups in total. The van der Waals surface area contributed by atoms with Crippen LogP contribution in [0.25, 0.3) is 0 Å². The first-order valence-corrected chi connectivity index (χ1v) is 7.76. The van der Waals surface area contributed by atoms with E-state index in [9.17, 15) is 19.7 Å². The second-order valence-corrected chi connectivity index (χ2v) is 6.35. The second-order valence-electron chi connectivity index (χ2n) is 6.35. The number of amides is 1. The summed E-state index contributed by atoms with van der Waals surface area (Å²) in [6, 6.07) is 3.49. The van der Waals surface area contributed by atoms with Crippen LogP contribution in [-0.4, -0.2) is 41.4 Å². The van der Waals surface area contributed by atoms with Crippen molar-refractivity contribution in [3.8, 4) is 0 Å². The highest BCUT2D eigenvalue weighted by Gasteiger charge is 2.26. The summed E-state index contributed by atoms with van der Waals surface area (Å²) in [7, 11) is 0. The molecule has 1 amide bonds. The Morgan fingerprint density at radius 2 is 1.96 bits per heavy atom. The molecule has 8 heteroatoms. The zero-order valence-corrected chi connectivity index (χ0v) is 13.7. The van der Waals surface area contributed by atoms with Gasteiger partial charge in [0.25, 0.3) is 11.6 Å². The van der Waals surface area contributed by atoms with Crippen LogP contribution >= 0.6 is 0 Å². The predicted molar refractivity (Wildman–Crippen MR) is 87.3 cm³/mol. The Hall–Kier alpha value is -2.64. The van der Waals surface area contributed by atoms with Crippen LogP contribution in [0.1, 0.15) is 30.6 Å². The van der Waals surface area contributed by atoms with Crippen LogP contribution < -0.4 is 5.73 Å². The minimum Gasteiger partial charge on any atom is -0.452 e. The lowest BCUT2D eigenvalue weighted by Crippen LogP contribution is -2.44. The van der Waals surface area contributed by atoms with E-state index in [0.29, 0.717) is 24.9 Å². The van der Waals surface area contributed by atoms with Crippen molar-refractivity contribution in [2.24, 2.45) is 11.8 Å². The van der Waals surface area contributed by atoms with Gasteiger partial charge in [-0.15, -0.1) is 0 Å². The fourth-order valence-corrected chi connectivity index (χ4v) is 3.01. The largest absolute Gasteiger partial charge is 0.452 e. The molecular weight excluding hydrogens is 314 g/mol. The zero-order valence-electron chi connectivity index (χ0n) is 13.7. The van der Waals surface area contributed by atoms with Crippen molar-refractivity contribution in [3.63, 3.8) is 0 Å². The van der Waals surface area contributed by atoms with E-state index in [1.54, 1.807) is 4.90 Å². The zero-order chi connectivity index (χ0) is 17.9. The number of nitro groups is 1. The van der Waals surface area contributed by atoms with E-state index in [1.165, 1.54) is 12.1 Å². The third-order valence-electron chi connectivity index (χ3n) is 4.01. The molecule has 1 aromatic rings. The number of esters is 1. The highest BCUT2D eigenvalue weighted by molar-refractivity contribution is 5.96. The summed E-state index contributed by atoms with van der Waals surface area (Å²) in [6.07, 6.45) is 1.07. The van der Waals surface area contributed by atoms with Crippen molar-refractivity contribution >= 4 is 23.3 Å². The number of hydrogen-bond donors (Lipinski definition) is 1. The van der Waals surface area contributed by atoms with Crippen molar-refractivity contribution in [3.05, 3.63) is 33.9 Å². The standard InChI is InChI=1S/C16H21N3O5/c1-10-5-11(2)8-18(7-10)15(20)9-24-16(21)13-4-3-12(19(22)23)6-14(13)17/h3-4,6,10-11H,5,7-9,17H2,1-2H3/t10-,11-/m1/s1. The fourth-order valence-electron chi connectivity index (χ4n) is 3.01. The van der Waals surface area contributed by atoms with Gasteiger partial charge in [-0.25, -0.2) is 4.79 Å². The van der Waals surface area contributed by atoms with Gasteiger partial charge in [0.15, 0.2) is 6.61 Å². The molecule has 8 nitrogen and oxygen atoms in total. The van der Waals surface area contributed by atoms with Gasteiger partial charge < -0.3 is 15.4 Å². The minimum absolute atomic E-state index is 0.00813. The van der Waals surface area contributed by atoms with Gasteiger partial charge in [-0.2, -0.15) is 0 Å². The molecule has 0 aromatic heterocycles. The third-order valence-corrected chi connectivity index (χ3v) is 4.01. The molecule has 0 spiro atoms. The van der Waals surface area contributed by atoms with Gasteiger partial charge in [-0.05, 0) is 24.3 Å². The Morgan fingerprint density at radius 1 is 1.33 bits per heavy atom. The molecule has 1 aliphatic heterocycles. The van der Waals surface area contributed by atoms with E-state index in [1.807, 2.05) is 0 Å². The first-order chi connectivity index (χ1) is 11.3. The van der Waals surface area contributed by atoms with Crippen LogP contribution in [0, 0.1) is 22.0 Å². The molecular formula is C16H21N3O5. The number of piperidine rings is 1. The molecule has 0 bridgehead atoms. The molecule has 24 heavy (non-hydrogen) atoms. The summed E-state index contributed by atoms with van der Waals surface area (Å²) in [5, 5.41) is 10.7. The lowest BCUT2D eigenvalue weighted by atomic mass is 9.92. The summed E-state index contributed by atoms with van der Waals surface area (Å²) in [5.41, 5.74) is 5.39. The maximum absolute atomic E-state index is 12.2. The van der Waals surface area contributed by atoms with E-state index in [-0.39, 0.29) is 29.5 Å². The minimum atomic E-state index is -0.770. The number of nitrogens with zero attached hydrogens (tertiary/aromatic N) is 2. The molecule has 0 unspecified atom stereocenters.